The van der Waals surface area contributed by atoms with Gasteiger partial charge in [-0.25, -0.2) is 0 Å². The summed E-state index contributed by atoms with van der Waals surface area (Å²) in [6.07, 6.45) is 4.66. The first-order valence-corrected chi connectivity index (χ1v) is 9.44. The van der Waals surface area contributed by atoms with Gasteiger partial charge in [0.1, 0.15) is 0 Å². The molecule has 0 aliphatic carbocycles. The van der Waals surface area contributed by atoms with Crippen molar-refractivity contribution in [2.24, 2.45) is 0 Å². The van der Waals surface area contributed by atoms with Gasteiger partial charge in [-0.2, -0.15) is 0 Å². The minimum absolute atomic E-state index is 0. The van der Waals surface area contributed by atoms with Gasteiger partial charge in [0.25, 0.3) is 0 Å². The van der Waals surface area contributed by atoms with E-state index in [4.69, 9.17) is 4.74 Å². The second kappa shape index (κ2) is 7.12. The van der Waals surface area contributed by atoms with Crippen LogP contribution >= 0.6 is 22.6 Å². The fraction of sp³-hybridized carbons (Fsp3) is 0.667. The smallest absolute Gasteiger partial charge is 0.469 e. The molecule has 0 unspecified atom stereocenters. The van der Waals surface area contributed by atoms with Crippen molar-refractivity contribution in [2.75, 3.05) is 6.61 Å². The number of nitrogens with zero attached hydrogens (tertiary/aromatic N) is 2. The normalized spacial score (nSPS) is 11.2. The van der Waals surface area contributed by atoms with E-state index >= 15 is 0 Å². The van der Waals surface area contributed by atoms with Gasteiger partial charge in [0.2, 0.25) is 0 Å². The fourth-order valence-corrected chi connectivity index (χ4v) is 2.07. The molecule has 0 aliphatic rings. The monoisotopic (exact) mass is 330 g/mol. The second-order valence-electron chi connectivity index (χ2n) is 4.43. The molecule has 0 aromatic carbocycles. The molecular formula is C9H16ILiN2OSi. The molecule has 1 heterocycles. The second-order valence-corrected chi connectivity index (χ2v) is 11.0. The summed E-state index contributed by atoms with van der Waals surface area (Å²) in [6.45, 7) is 8.47. The van der Waals surface area contributed by atoms with Gasteiger partial charge >= 0.3 is 18.9 Å². The van der Waals surface area contributed by atoms with Crippen LogP contribution in [-0.2, 0) is 11.5 Å². The molecule has 1 aromatic heterocycles. The number of aromatic nitrogens is 2. The van der Waals surface area contributed by atoms with E-state index in [0.29, 0.717) is 6.73 Å². The third kappa shape index (κ3) is 6.79. The Morgan fingerprint density at radius 2 is 2.20 bits per heavy atom. The van der Waals surface area contributed by atoms with Crippen LogP contribution in [0.4, 0.5) is 0 Å². The zero-order valence-corrected chi connectivity index (χ0v) is 13.0. The number of ether oxygens (including phenoxy) is 1. The van der Waals surface area contributed by atoms with Gasteiger partial charge in [-0.15, -0.1) is 28.8 Å². The van der Waals surface area contributed by atoms with E-state index in [0.717, 1.165) is 10.4 Å². The molecule has 80 valence electrons. The Morgan fingerprint density at radius 3 is 2.67 bits per heavy atom. The van der Waals surface area contributed by atoms with Gasteiger partial charge in [-0.3, -0.25) is 0 Å². The molecule has 1 aromatic rings. The van der Waals surface area contributed by atoms with Crippen molar-refractivity contribution < 1.29 is 23.6 Å². The molecule has 0 spiro atoms. The Morgan fingerprint density at radius 1 is 1.53 bits per heavy atom. The van der Waals surface area contributed by atoms with E-state index in [1.165, 1.54) is 6.04 Å². The molecule has 1 rings (SSSR count). The summed E-state index contributed by atoms with van der Waals surface area (Å²) in [7, 11) is -0.955. The molecule has 3 nitrogen and oxygen atoms in total. The first-order chi connectivity index (χ1) is 6.49. The minimum Gasteiger partial charge on any atom is -0.469 e. The van der Waals surface area contributed by atoms with Crippen molar-refractivity contribution in [3.05, 3.63) is 16.2 Å². The van der Waals surface area contributed by atoms with E-state index in [2.05, 4.69) is 53.4 Å². The SMILES string of the molecule is C[Si](C)(C)CCOCn1[c-]cnc1I.[Li+]. The van der Waals surface area contributed by atoms with Crippen molar-refractivity contribution in [1.29, 1.82) is 0 Å². The van der Waals surface area contributed by atoms with E-state index in [1.54, 1.807) is 6.20 Å². The third-order valence-corrected chi connectivity index (χ3v) is 4.39. The molecule has 0 aliphatic heterocycles. The van der Waals surface area contributed by atoms with Crippen LogP contribution in [0.15, 0.2) is 6.20 Å². The fourth-order valence-electron chi connectivity index (χ4n) is 0.900. The van der Waals surface area contributed by atoms with Crippen molar-refractivity contribution in [3.63, 3.8) is 0 Å². The third-order valence-electron chi connectivity index (χ3n) is 1.82. The van der Waals surface area contributed by atoms with Gasteiger partial charge < -0.3 is 14.3 Å². The predicted molar refractivity (Wildman–Crippen MR) is 67.9 cm³/mol. The standard InChI is InChI=1S/C9H16IN2OSi.Li/c1-14(2,3)7-6-13-8-12-5-4-11-9(12)10;/h4H,6-8H2,1-3H3;/q-1;+1. The van der Waals surface area contributed by atoms with Gasteiger partial charge in [0.05, 0.1) is 6.73 Å². The van der Waals surface area contributed by atoms with Crippen LogP contribution in [0.5, 0.6) is 0 Å². The molecule has 0 bridgehead atoms. The van der Waals surface area contributed by atoms with Crippen LogP contribution in [0.2, 0.25) is 25.7 Å². The molecule has 0 radical (unpaired) electrons. The largest absolute Gasteiger partial charge is 1.00 e. The molecule has 6 heteroatoms. The molecule has 0 saturated heterocycles. The van der Waals surface area contributed by atoms with Crippen molar-refractivity contribution in [3.8, 4) is 0 Å². The summed E-state index contributed by atoms with van der Waals surface area (Å²) in [5.74, 6) is 0. The van der Waals surface area contributed by atoms with Crippen LogP contribution in [0.3, 0.4) is 0 Å². The predicted octanol–water partition coefficient (Wildman–Crippen LogP) is -0.396. The number of hydrogen-bond donors (Lipinski definition) is 0. The summed E-state index contributed by atoms with van der Waals surface area (Å²) in [5.41, 5.74) is 0. The maximum Gasteiger partial charge on any atom is 1.00 e. The average Bonchev–Trinajstić information content (AvgIpc) is 2.44. The number of halogens is 1. The quantitative estimate of drug-likeness (QED) is 0.318. The van der Waals surface area contributed by atoms with Gasteiger partial charge in [0.15, 0.2) is 0 Å². The zero-order valence-electron chi connectivity index (χ0n) is 9.88. The Balaban J connectivity index is 0.00000196. The van der Waals surface area contributed by atoms with E-state index in [-0.39, 0.29) is 18.9 Å². The maximum absolute atomic E-state index is 5.56. The molecule has 0 saturated carbocycles. The maximum atomic E-state index is 5.56. The van der Waals surface area contributed by atoms with Crippen LogP contribution in [-0.4, -0.2) is 24.2 Å². The molecule has 0 amide bonds. The van der Waals surface area contributed by atoms with Crippen molar-refractivity contribution in [2.45, 2.75) is 32.4 Å². The molecule has 0 atom stereocenters. The van der Waals surface area contributed by atoms with Crippen LogP contribution < -0.4 is 18.9 Å². The van der Waals surface area contributed by atoms with Gasteiger partial charge in [0, 0.05) is 18.5 Å². The molecule has 15 heavy (non-hydrogen) atoms. The first-order valence-electron chi connectivity index (χ1n) is 4.65. The van der Waals surface area contributed by atoms with E-state index < -0.39 is 8.07 Å². The Kier molecular flexibility index (Phi) is 7.46. The summed E-state index contributed by atoms with van der Waals surface area (Å²) in [4.78, 5) is 4.07. The van der Waals surface area contributed by atoms with Crippen LogP contribution in [0.1, 0.15) is 0 Å². The summed E-state index contributed by atoms with van der Waals surface area (Å²) < 4.78 is 8.36. The van der Waals surface area contributed by atoms with E-state index in [1.807, 2.05) is 4.57 Å². The van der Waals surface area contributed by atoms with Gasteiger partial charge in [-0.05, 0) is 6.04 Å². The Bertz CT molecular complexity index is 288. The number of rotatable bonds is 5. The Labute approximate surface area is 118 Å². The first kappa shape index (κ1) is 15.7. The van der Waals surface area contributed by atoms with Crippen LogP contribution in [0.25, 0.3) is 0 Å². The molecule has 0 N–H and O–H groups in total. The number of hydrogen-bond acceptors (Lipinski definition) is 2. The summed E-state index contributed by atoms with van der Waals surface area (Å²) >= 11 is 2.17. The molecule has 0 fully saturated rings. The topological polar surface area (TPSA) is 27.1 Å². The molecular weight excluding hydrogens is 314 g/mol. The summed E-state index contributed by atoms with van der Waals surface area (Å²) in [6, 6.07) is 1.21. The van der Waals surface area contributed by atoms with E-state index in [9.17, 15) is 0 Å². The average molecular weight is 330 g/mol. The summed E-state index contributed by atoms with van der Waals surface area (Å²) in [5, 5.41) is 0. The van der Waals surface area contributed by atoms with Gasteiger partial charge in [-0.1, -0.05) is 25.8 Å². The van der Waals surface area contributed by atoms with Crippen molar-refractivity contribution >= 4 is 30.7 Å². The number of imidazole rings is 1. The van der Waals surface area contributed by atoms with Crippen LogP contribution in [0, 0.1) is 10.0 Å². The Hall–Kier alpha value is 0.714. The zero-order chi connectivity index (χ0) is 10.6. The van der Waals surface area contributed by atoms with Crippen molar-refractivity contribution in [1.82, 2.24) is 9.55 Å². The minimum atomic E-state index is -0.955.